The molecule has 1 aliphatic rings. The third kappa shape index (κ3) is 6.08. The molecule has 0 unspecified atom stereocenters. The van der Waals surface area contributed by atoms with E-state index in [0.29, 0.717) is 36.5 Å². The second kappa shape index (κ2) is 10.3. The number of alkyl halides is 3. The Bertz CT molecular complexity index is 1200. The number of rotatable bonds is 8. The molecule has 5 nitrogen and oxygen atoms in total. The smallest absolute Gasteiger partial charge is 0.417 e. The fraction of sp³-hybridized carbons (Fsp3) is 0.259. The maximum absolute atomic E-state index is 13.7. The minimum absolute atomic E-state index is 0.0900. The number of nitrogens with zero attached hydrogens (tertiary/aromatic N) is 2. The average molecular weight is 483 g/mol. The molecule has 1 N–H and O–H groups in total. The highest BCUT2D eigenvalue weighted by molar-refractivity contribution is 5.98. The van der Waals surface area contributed by atoms with E-state index >= 15 is 0 Å². The van der Waals surface area contributed by atoms with Crippen LogP contribution in [0.25, 0.3) is 11.1 Å². The van der Waals surface area contributed by atoms with Crippen molar-refractivity contribution in [2.75, 3.05) is 13.1 Å². The van der Waals surface area contributed by atoms with Gasteiger partial charge in [-0.2, -0.15) is 13.2 Å². The zero-order valence-electron chi connectivity index (χ0n) is 19.1. The number of aliphatic carboxylic acids is 1. The lowest BCUT2D eigenvalue weighted by molar-refractivity contribution is -0.147. The van der Waals surface area contributed by atoms with Crippen molar-refractivity contribution in [3.05, 3.63) is 95.1 Å². The van der Waals surface area contributed by atoms with E-state index in [1.165, 1.54) is 6.07 Å². The number of benzene rings is 3. The van der Waals surface area contributed by atoms with Crippen LogP contribution in [0.4, 0.5) is 13.2 Å². The number of halogens is 3. The average Bonchev–Trinajstić information content (AvgIpc) is 2.81. The van der Waals surface area contributed by atoms with Crippen LogP contribution >= 0.6 is 0 Å². The van der Waals surface area contributed by atoms with Crippen molar-refractivity contribution >= 4 is 11.7 Å². The van der Waals surface area contributed by atoms with Gasteiger partial charge in [0, 0.05) is 19.6 Å². The molecule has 3 aromatic rings. The molecule has 0 atom stereocenters. The van der Waals surface area contributed by atoms with E-state index in [4.69, 9.17) is 9.94 Å². The summed E-state index contributed by atoms with van der Waals surface area (Å²) in [6.07, 6.45) is -4.49. The van der Waals surface area contributed by atoms with Gasteiger partial charge in [0.1, 0.15) is 6.61 Å². The Balaban J connectivity index is 1.37. The monoisotopic (exact) mass is 482 g/mol. The molecule has 0 saturated carbocycles. The number of carbonyl (C=O) groups is 1. The number of carboxylic acid groups (broad SMARTS) is 1. The molecule has 0 spiro atoms. The normalized spacial score (nSPS) is 15.0. The Morgan fingerprint density at radius 1 is 1.03 bits per heavy atom. The Morgan fingerprint density at radius 2 is 1.69 bits per heavy atom. The summed E-state index contributed by atoms with van der Waals surface area (Å²) in [6.45, 7) is 3.45. The Hall–Kier alpha value is -3.65. The topological polar surface area (TPSA) is 62.1 Å². The van der Waals surface area contributed by atoms with Crippen molar-refractivity contribution in [1.82, 2.24) is 4.90 Å². The van der Waals surface area contributed by atoms with Crippen LogP contribution in [-0.4, -0.2) is 34.8 Å². The van der Waals surface area contributed by atoms with Gasteiger partial charge in [-0.05, 0) is 40.8 Å². The molecule has 1 saturated heterocycles. The highest BCUT2D eigenvalue weighted by Crippen LogP contribution is 2.37. The molecule has 182 valence electrons. The first-order chi connectivity index (χ1) is 16.7. The van der Waals surface area contributed by atoms with E-state index in [0.717, 1.165) is 17.2 Å². The van der Waals surface area contributed by atoms with Gasteiger partial charge >= 0.3 is 12.1 Å². The lowest BCUT2D eigenvalue weighted by atomic mass is 9.97. The third-order valence-electron chi connectivity index (χ3n) is 5.99. The summed E-state index contributed by atoms with van der Waals surface area (Å²) in [7, 11) is 0. The molecule has 8 heteroatoms. The molecule has 1 fully saturated rings. The summed E-state index contributed by atoms with van der Waals surface area (Å²) in [5, 5.41) is 13.0. The second-order valence-corrected chi connectivity index (χ2v) is 8.62. The maximum atomic E-state index is 13.7. The number of hydrogen-bond acceptors (Lipinski definition) is 4. The zero-order valence-corrected chi connectivity index (χ0v) is 19.1. The first-order valence-corrected chi connectivity index (χ1v) is 11.2. The minimum atomic E-state index is -4.49. The molecule has 0 bridgehead atoms. The van der Waals surface area contributed by atoms with Crippen LogP contribution in [0.2, 0.25) is 0 Å². The van der Waals surface area contributed by atoms with Crippen LogP contribution in [0, 0.1) is 5.92 Å². The lowest BCUT2D eigenvalue weighted by Gasteiger charge is -2.36. The summed E-state index contributed by atoms with van der Waals surface area (Å²) in [4.78, 5) is 18.3. The number of oxime groups is 1. The lowest BCUT2D eigenvalue weighted by Crippen LogP contribution is -2.49. The molecule has 1 heterocycles. The second-order valence-electron chi connectivity index (χ2n) is 8.62. The van der Waals surface area contributed by atoms with Gasteiger partial charge in [0.05, 0.1) is 17.2 Å². The van der Waals surface area contributed by atoms with Crippen molar-refractivity contribution in [2.24, 2.45) is 11.1 Å². The van der Waals surface area contributed by atoms with E-state index < -0.39 is 17.7 Å². The van der Waals surface area contributed by atoms with Crippen molar-refractivity contribution in [3.8, 4) is 11.1 Å². The van der Waals surface area contributed by atoms with Gasteiger partial charge in [-0.25, -0.2) is 0 Å². The van der Waals surface area contributed by atoms with Gasteiger partial charge in [0.25, 0.3) is 0 Å². The molecular formula is C27H25F3N2O3. The van der Waals surface area contributed by atoms with E-state index in [1.54, 1.807) is 43.3 Å². The minimum Gasteiger partial charge on any atom is -0.481 e. The fourth-order valence-corrected chi connectivity index (χ4v) is 4.01. The predicted octanol–water partition coefficient (Wildman–Crippen LogP) is 5.83. The van der Waals surface area contributed by atoms with Crippen LogP contribution in [0.1, 0.15) is 29.2 Å². The Morgan fingerprint density at radius 3 is 2.31 bits per heavy atom. The van der Waals surface area contributed by atoms with Gasteiger partial charge in [-0.15, -0.1) is 0 Å². The van der Waals surface area contributed by atoms with Crippen LogP contribution in [0.3, 0.4) is 0 Å². The predicted molar refractivity (Wildman–Crippen MR) is 127 cm³/mol. The SMILES string of the molecule is C/C(=N\OCc1ccc(-c2ccccc2)c(C(F)(F)F)c1)c1ccc(CN2CC(C(=O)O)C2)cc1. The van der Waals surface area contributed by atoms with Crippen LogP contribution < -0.4 is 0 Å². The highest BCUT2D eigenvalue weighted by atomic mass is 19.4. The number of carboxylic acids is 1. The molecular weight excluding hydrogens is 457 g/mol. The molecule has 0 radical (unpaired) electrons. The first-order valence-electron chi connectivity index (χ1n) is 11.2. The Labute approximate surface area is 201 Å². The van der Waals surface area contributed by atoms with Gasteiger partial charge in [-0.1, -0.05) is 71.9 Å². The fourth-order valence-electron chi connectivity index (χ4n) is 4.01. The highest BCUT2D eigenvalue weighted by Gasteiger charge is 2.34. The van der Waals surface area contributed by atoms with Gasteiger partial charge in [0.15, 0.2) is 0 Å². The molecule has 0 amide bonds. The molecule has 3 aromatic carbocycles. The van der Waals surface area contributed by atoms with Crippen molar-refractivity contribution in [3.63, 3.8) is 0 Å². The summed E-state index contributed by atoms with van der Waals surface area (Å²) in [5.74, 6) is -1.05. The molecule has 1 aliphatic heterocycles. The van der Waals surface area contributed by atoms with E-state index in [9.17, 15) is 18.0 Å². The Kier molecular flexibility index (Phi) is 7.21. The standard InChI is InChI=1S/C27H25F3N2O3/c1-18(21-10-7-19(8-11-21)14-32-15-23(16-32)26(33)34)31-35-17-20-9-12-24(22-5-3-2-4-6-22)25(13-20)27(28,29)30/h2-13,23H,14-17H2,1H3,(H,33,34)/b31-18+. The van der Waals surface area contributed by atoms with Crippen molar-refractivity contribution < 1.29 is 27.9 Å². The van der Waals surface area contributed by atoms with Crippen LogP contribution in [-0.2, 0) is 29.0 Å². The van der Waals surface area contributed by atoms with Crippen LogP contribution in [0.15, 0.2) is 78.0 Å². The molecule has 35 heavy (non-hydrogen) atoms. The third-order valence-corrected chi connectivity index (χ3v) is 5.99. The van der Waals surface area contributed by atoms with Crippen LogP contribution in [0.5, 0.6) is 0 Å². The summed E-state index contributed by atoms with van der Waals surface area (Å²) >= 11 is 0. The summed E-state index contributed by atoms with van der Waals surface area (Å²) in [6, 6.07) is 20.3. The largest absolute Gasteiger partial charge is 0.481 e. The molecule has 4 rings (SSSR count). The number of hydrogen-bond donors (Lipinski definition) is 1. The van der Waals surface area contributed by atoms with E-state index in [1.807, 2.05) is 24.3 Å². The van der Waals surface area contributed by atoms with Gasteiger partial charge in [-0.3, -0.25) is 9.69 Å². The van der Waals surface area contributed by atoms with Crippen molar-refractivity contribution in [1.29, 1.82) is 0 Å². The first kappa shape index (κ1) is 24.5. The summed E-state index contributed by atoms with van der Waals surface area (Å²) in [5.41, 5.74) is 2.78. The molecule has 0 aliphatic carbocycles. The van der Waals surface area contributed by atoms with E-state index in [2.05, 4.69) is 10.1 Å². The van der Waals surface area contributed by atoms with Crippen molar-refractivity contribution in [2.45, 2.75) is 26.3 Å². The number of likely N-dealkylation sites (tertiary alicyclic amines) is 1. The zero-order chi connectivity index (χ0) is 25.0. The van der Waals surface area contributed by atoms with Gasteiger partial charge in [0.2, 0.25) is 0 Å². The maximum Gasteiger partial charge on any atom is 0.417 e. The van der Waals surface area contributed by atoms with E-state index in [-0.39, 0.29) is 18.1 Å². The quantitative estimate of drug-likeness (QED) is 0.324. The molecule has 0 aromatic heterocycles. The van der Waals surface area contributed by atoms with Gasteiger partial charge < -0.3 is 9.94 Å². The summed E-state index contributed by atoms with van der Waals surface area (Å²) < 4.78 is 41.0.